The number of nitrogens with zero attached hydrogens (tertiary/aromatic N) is 1. The van der Waals surface area contributed by atoms with E-state index in [2.05, 4.69) is 48.7 Å². The molecule has 0 saturated carbocycles. The van der Waals surface area contributed by atoms with Crippen molar-refractivity contribution in [1.82, 2.24) is 10.2 Å². The molecule has 0 aliphatic rings. The second kappa shape index (κ2) is 6.17. The Morgan fingerprint density at radius 3 is 2.79 bits per heavy atom. The highest BCUT2D eigenvalue weighted by Gasteiger charge is 2.08. The minimum atomic E-state index is 0.537. The fourth-order valence-corrected chi connectivity index (χ4v) is 2.28. The lowest BCUT2D eigenvalue weighted by Gasteiger charge is -2.17. The molecule has 1 N–H and O–H groups in total. The maximum Gasteiger partial charge on any atom is 0.0412 e. The van der Waals surface area contributed by atoms with Gasteiger partial charge in [-0.15, -0.1) is 11.3 Å². The zero-order valence-corrected chi connectivity index (χ0v) is 10.1. The van der Waals surface area contributed by atoms with Gasteiger partial charge in [0.05, 0.1) is 0 Å². The zero-order chi connectivity index (χ0) is 10.4. The fourth-order valence-electron chi connectivity index (χ4n) is 1.40. The van der Waals surface area contributed by atoms with Crippen molar-refractivity contribution in [2.75, 3.05) is 27.2 Å². The van der Waals surface area contributed by atoms with Gasteiger partial charge in [-0.1, -0.05) is 13.0 Å². The average Bonchev–Trinajstić information content (AvgIpc) is 2.64. The quantitative estimate of drug-likeness (QED) is 0.778. The van der Waals surface area contributed by atoms with Crippen LogP contribution in [-0.2, 0) is 0 Å². The van der Waals surface area contributed by atoms with Gasteiger partial charge in [-0.25, -0.2) is 0 Å². The van der Waals surface area contributed by atoms with Gasteiger partial charge >= 0.3 is 0 Å². The molecule has 14 heavy (non-hydrogen) atoms. The van der Waals surface area contributed by atoms with Crippen molar-refractivity contribution in [3.8, 4) is 0 Å². The van der Waals surface area contributed by atoms with Crippen LogP contribution < -0.4 is 5.32 Å². The number of thiophene rings is 1. The maximum atomic E-state index is 3.57. The minimum absolute atomic E-state index is 0.537. The largest absolute Gasteiger partial charge is 0.308 e. The molecule has 1 unspecified atom stereocenters. The first-order chi connectivity index (χ1) is 6.74. The molecule has 0 radical (unpaired) electrons. The summed E-state index contributed by atoms with van der Waals surface area (Å²) in [6.07, 6.45) is 1.16. The van der Waals surface area contributed by atoms with Gasteiger partial charge in [-0.05, 0) is 32.0 Å². The van der Waals surface area contributed by atoms with Crippen molar-refractivity contribution in [1.29, 1.82) is 0 Å². The van der Waals surface area contributed by atoms with E-state index >= 15 is 0 Å². The molecule has 3 heteroatoms. The first-order valence-electron chi connectivity index (χ1n) is 5.15. The van der Waals surface area contributed by atoms with Crippen molar-refractivity contribution in [2.45, 2.75) is 19.4 Å². The summed E-state index contributed by atoms with van der Waals surface area (Å²) in [6.45, 7) is 4.39. The summed E-state index contributed by atoms with van der Waals surface area (Å²) in [5.74, 6) is 0. The van der Waals surface area contributed by atoms with Gasteiger partial charge in [0.25, 0.3) is 0 Å². The Kier molecular flexibility index (Phi) is 5.15. The highest BCUT2D eigenvalue weighted by molar-refractivity contribution is 7.10. The zero-order valence-electron chi connectivity index (χ0n) is 9.29. The van der Waals surface area contributed by atoms with Crippen molar-refractivity contribution in [2.24, 2.45) is 0 Å². The molecule has 0 fully saturated rings. The molecule has 0 aromatic carbocycles. The second-order valence-electron chi connectivity index (χ2n) is 3.73. The SMILES string of the molecule is CCC(NCCN(C)C)c1cccs1. The first kappa shape index (κ1) is 11.7. The number of nitrogens with one attached hydrogen (secondary N) is 1. The lowest BCUT2D eigenvalue weighted by molar-refractivity contribution is 0.383. The van der Waals surface area contributed by atoms with Crippen LogP contribution in [0.4, 0.5) is 0 Å². The molecule has 0 aliphatic heterocycles. The van der Waals surface area contributed by atoms with Gasteiger partial charge in [0.1, 0.15) is 0 Å². The molecule has 0 bridgehead atoms. The second-order valence-corrected chi connectivity index (χ2v) is 4.71. The van der Waals surface area contributed by atoms with E-state index in [9.17, 15) is 0 Å². The molecule has 1 aromatic rings. The molecule has 0 saturated heterocycles. The van der Waals surface area contributed by atoms with E-state index in [0.717, 1.165) is 19.5 Å². The van der Waals surface area contributed by atoms with Crippen molar-refractivity contribution in [3.05, 3.63) is 22.4 Å². The fraction of sp³-hybridized carbons (Fsp3) is 0.636. The lowest BCUT2D eigenvalue weighted by atomic mass is 10.2. The van der Waals surface area contributed by atoms with Crippen LogP contribution in [0.3, 0.4) is 0 Å². The third-order valence-electron chi connectivity index (χ3n) is 2.24. The van der Waals surface area contributed by atoms with Gasteiger partial charge in [0.15, 0.2) is 0 Å². The number of likely N-dealkylation sites (N-methyl/N-ethyl adjacent to an activating group) is 1. The Bertz CT molecular complexity index is 231. The van der Waals surface area contributed by atoms with Crippen LogP contribution in [0.2, 0.25) is 0 Å². The summed E-state index contributed by atoms with van der Waals surface area (Å²) < 4.78 is 0. The summed E-state index contributed by atoms with van der Waals surface area (Å²) >= 11 is 1.84. The van der Waals surface area contributed by atoms with Crippen LogP contribution in [-0.4, -0.2) is 32.1 Å². The Hall–Kier alpha value is -0.380. The van der Waals surface area contributed by atoms with Crippen LogP contribution in [0.1, 0.15) is 24.3 Å². The molecule has 1 rings (SSSR count). The van der Waals surface area contributed by atoms with Gasteiger partial charge in [0, 0.05) is 24.0 Å². The van der Waals surface area contributed by atoms with Gasteiger partial charge in [-0.3, -0.25) is 0 Å². The minimum Gasteiger partial charge on any atom is -0.308 e. The monoisotopic (exact) mass is 212 g/mol. The Balaban J connectivity index is 2.33. The van der Waals surface area contributed by atoms with Crippen molar-refractivity contribution in [3.63, 3.8) is 0 Å². The molecular weight excluding hydrogens is 192 g/mol. The summed E-state index contributed by atoms with van der Waals surface area (Å²) in [6, 6.07) is 4.87. The predicted octanol–water partition coefficient (Wildman–Crippen LogP) is 2.35. The smallest absolute Gasteiger partial charge is 0.0412 e. The topological polar surface area (TPSA) is 15.3 Å². The molecule has 1 heterocycles. The van der Waals surface area contributed by atoms with Gasteiger partial charge in [-0.2, -0.15) is 0 Å². The van der Waals surface area contributed by atoms with Crippen LogP contribution in [0.15, 0.2) is 17.5 Å². The Morgan fingerprint density at radius 2 is 2.29 bits per heavy atom. The average molecular weight is 212 g/mol. The van der Waals surface area contributed by atoms with Crippen molar-refractivity contribution >= 4 is 11.3 Å². The molecule has 1 atom stereocenters. The number of hydrogen-bond donors (Lipinski definition) is 1. The summed E-state index contributed by atoms with van der Waals surface area (Å²) in [7, 11) is 4.21. The van der Waals surface area contributed by atoms with Crippen LogP contribution in [0.25, 0.3) is 0 Å². The molecule has 0 spiro atoms. The Labute approximate surface area is 90.9 Å². The molecule has 0 amide bonds. The third-order valence-corrected chi connectivity index (χ3v) is 3.23. The Morgan fingerprint density at radius 1 is 1.50 bits per heavy atom. The van der Waals surface area contributed by atoms with Gasteiger partial charge in [0.2, 0.25) is 0 Å². The van der Waals surface area contributed by atoms with E-state index in [-0.39, 0.29) is 0 Å². The third kappa shape index (κ3) is 3.78. The summed E-state index contributed by atoms with van der Waals surface area (Å²) in [5, 5.41) is 5.72. The molecular formula is C11H20N2S. The van der Waals surface area contributed by atoms with Crippen LogP contribution in [0, 0.1) is 0 Å². The first-order valence-corrected chi connectivity index (χ1v) is 6.03. The number of rotatable bonds is 6. The molecule has 80 valence electrons. The van der Waals surface area contributed by atoms with Gasteiger partial charge < -0.3 is 10.2 Å². The maximum absolute atomic E-state index is 3.57. The number of hydrogen-bond acceptors (Lipinski definition) is 3. The highest BCUT2D eigenvalue weighted by atomic mass is 32.1. The normalized spacial score (nSPS) is 13.4. The van der Waals surface area contributed by atoms with E-state index in [1.54, 1.807) is 0 Å². The lowest BCUT2D eigenvalue weighted by Crippen LogP contribution is -2.29. The molecule has 1 aromatic heterocycles. The van der Waals surface area contributed by atoms with Crippen LogP contribution >= 0.6 is 11.3 Å². The van der Waals surface area contributed by atoms with Crippen molar-refractivity contribution < 1.29 is 0 Å². The summed E-state index contributed by atoms with van der Waals surface area (Å²) in [4.78, 5) is 3.65. The van der Waals surface area contributed by atoms with E-state index in [1.165, 1.54) is 4.88 Å². The van der Waals surface area contributed by atoms with E-state index in [1.807, 2.05) is 11.3 Å². The van der Waals surface area contributed by atoms with E-state index in [0.29, 0.717) is 6.04 Å². The van der Waals surface area contributed by atoms with Crippen LogP contribution in [0.5, 0.6) is 0 Å². The molecule has 2 nitrogen and oxygen atoms in total. The van der Waals surface area contributed by atoms with E-state index < -0.39 is 0 Å². The predicted molar refractivity (Wildman–Crippen MR) is 63.9 cm³/mol. The highest BCUT2D eigenvalue weighted by Crippen LogP contribution is 2.21. The van der Waals surface area contributed by atoms with E-state index in [4.69, 9.17) is 0 Å². The summed E-state index contributed by atoms with van der Waals surface area (Å²) in [5.41, 5.74) is 0. The molecule has 0 aliphatic carbocycles. The standard InChI is InChI=1S/C11H20N2S/c1-4-10(11-6-5-9-14-11)12-7-8-13(2)3/h5-6,9-10,12H,4,7-8H2,1-3H3.